The number of benzene rings is 1. The highest BCUT2D eigenvalue weighted by Crippen LogP contribution is 2.29. The molecule has 1 aromatic heterocycles. The number of nitrogens with zero attached hydrogens (tertiary/aromatic N) is 1. The van der Waals surface area contributed by atoms with Crippen LogP contribution in [0.15, 0.2) is 29.6 Å². The number of anilines is 1. The standard InChI is InChI=1S/C19H23N3O2S/c1-13(23)20-11-3-4-14-7-9-15(10-8-14)17-12-25-19(21-17)22-18(24)16-5-2-6-16/h7-10,12,16H,2-6,11H2,1H3,(H,20,23)(H,21,22,24). The van der Waals surface area contributed by atoms with E-state index in [2.05, 4.69) is 39.9 Å². The van der Waals surface area contributed by atoms with Crippen LogP contribution in [-0.4, -0.2) is 23.3 Å². The van der Waals surface area contributed by atoms with E-state index in [9.17, 15) is 9.59 Å². The Bertz CT molecular complexity index is 735. The minimum absolute atomic E-state index is 0.0130. The fourth-order valence-electron chi connectivity index (χ4n) is 2.74. The summed E-state index contributed by atoms with van der Waals surface area (Å²) in [4.78, 5) is 27.3. The van der Waals surface area contributed by atoms with Crippen molar-refractivity contribution in [1.29, 1.82) is 0 Å². The first-order valence-corrected chi connectivity index (χ1v) is 9.60. The van der Waals surface area contributed by atoms with Gasteiger partial charge in [0.2, 0.25) is 11.8 Å². The van der Waals surface area contributed by atoms with Gasteiger partial charge < -0.3 is 10.6 Å². The molecule has 0 bridgehead atoms. The van der Waals surface area contributed by atoms with E-state index in [4.69, 9.17) is 0 Å². The van der Waals surface area contributed by atoms with E-state index in [0.29, 0.717) is 11.7 Å². The SMILES string of the molecule is CC(=O)NCCCc1ccc(-c2csc(NC(=O)C3CCC3)n2)cc1. The average molecular weight is 357 g/mol. The minimum atomic E-state index is 0.0130. The van der Waals surface area contributed by atoms with Crippen LogP contribution in [0.5, 0.6) is 0 Å². The summed E-state index contributed by atoms with van der Waals surface area (Å²) in [6.45, 7) is 2.23. The fourth-order valence-corrected chi connectivity index (χ4v) is 3.46. The maximum absolute atomic E-state index is 12.0. The van der Waals surface area contributed by atoms with Gasteiger partial charge in [-0.15, -0.1) is 11.3 Å². The first kappa shape index (κ1) is 17.6. The highest BCUT2D eigenvalue weighted by molar-refractivity contribution is 7.14. The Morgan fingerprint density at radius 1 is 1.24 bits per heavy atom. The number of rotatable bonds is 7. The van der Waals surface area contributed by atoms with Gasteiger partial charge in [0, 0.05) is 30.3 Å². The monoisotopic (exact) mass is 357 g/mol. The molecule has 25 heavy (non-hydrogen) atoms. The minimum Gasteiger partial charge on any atom is -0.356 e. The van der Waals surface area contributed by atoms with Gasteiger partial charge in [-0.3, -0.25) is 9.59 Å². The van der Waals surface area contributed by atoms with Crippen LogP contribution < -0.4 is 10.6 Å². The molecule has 2 aromatic rings. The van der Waals surface area contributed by atoms with Gasteiger partial charge in [-0.05, 0) is 31.2 Å². The molecule has 0 radical (unpaired) electrons. The Labute approximate surface area is 151 Å². The Morgan fingerprint density at radius 3 is 2.64 bits per heavy atom. The molecule has 1 fully saturated rings. The molecule has 1 aliphatic rings. The predicted octanol–water partition coefficient (Wildman–Crippen LogP) is 3.62. The molecule has 0 saturated heterocycles. The highest BCUT2D eigenvalue weighted by atomic mass is 32.1. The summed E-state index contributed by atoms with van der Waals surface area (Å²) in [6.07, 6.45) is 4.99. The molecule has 5 nitrogen and oxygen atoms in total. The molecule has 6 heteroatoms. The molecular formula is C19H23N3O2S. The number of hydrogen-bond donors (Lipinski definition) is 2. The summed E-state index contributed by atoms with van der Waals surface area (Å²) < 4.78 is 0. The molecule has 0 spiro atoms. The van der Waals surface area contributed by atoms with Gasteiger partial charge in [0.15, 0.2) is 5.13 Å². The highest BCUT2D eigenvalue weighted by Gasteiger charge is 2.25. The van der Waals surface area contributed by atoms with E-state index in [1.54, 1.807) is 0 Å². The van der Waals surface area contributed by atoms with Crippen molar-refractivity contribution in [2.75, 3.05) is 11.9 Å². The molecule has 1 saturated carbocycles. The third kappa shape index (κ3) is 4.89. The quantitative estimate of drug-likeness (QED) is 0.744. The molecule has 0 atom stereocenters. The first-order chi connectivity index (χ1) is 12.1. The average Bonchev–Trinajstić information content (AvgIpc) is 2.98. The number of amides is 2. The third-order valence-corrected chi connectivity index (χ3v) is 5.23. The van der Waals surface area contributed by atoms with Crippen molar-refractivity contribution in [3.05, 3.63) is 35.2 Å². The number of hydrogen-bond acceptors (Lipinski definition) is 4. The number of carbonyl (C=O) groups is 2. The van der Waals surface area contributed by atoms with Crippen molar-refractivity contribution >= 4 is 28.3 Å². The lowest BCUT2D eigenvalue weighted by atomic mass is 9.85. The molecule has 2 N–H and O–H groups in total. The van der Waals surface area contributed by atoms with Crippen LogP contribution in [0.25, 0.3) is 11.3 Å². The van der Waals surface area contributed by atoms with Crippen LogP contribution in [0.4, 0.5) is 5.13 Å². The molecule has 1 aromatic carbocycles. The lowest BCUT2D eigenvalue weighted by molar-refractivity contribution is -0.122. The van der Waals surface area contributed by atoms with Crippen molar-refractivity contribution in [2.45, 2.75) is 39.0 Å². The lowest BCUT2D eigenvalue weighted by Gasteiger charge is -2.23. The van der Waals surface area contributed by atoms with Gasteiger partial charge in [-0.25, -0.2) is 4.98 Å². The number of carbonyl (C=O) groups excluding carboxylic acids is 2. The second kappa shape index (κ2) is 8.25. The molecule has 1 aliphatic carbocycles. The lowest BCUT2D eigenvalue weighted by Crippen LogP contribution is -2.27. The second-order valence-corrected chi connectivity index (χ2v) is 7.30. The molecule has 132 valence electrons. The van der Waals surface area contributed by atoms with Gasteiger partial charge >= 0.3 is 0 Å². The van der Waals surface area contributed by atoms with E-state index < -0.39 is 0 Å². The summed E-state index contributed by atoms with van der Waals surface area (Å²) in [7, 11) is 0. The Morgan fingerprint density at radius 2 is 2.00 bits per heavy atom. The largest absolute Gasteiger partial charge is 0.356 e. The van der Waals surface area contributed by atoms with Crippen LogP contribution in [0.3, 0.4) is 0 Å². The number of aromatic nitrogens is 1. The molecular weight excluding hydrogens is 334 g/mol. The summed E-state index contributed by atoms with van der Waals surface area (Å²) in [6, 6.07) is 8.30. The number of nitrogens with one attached hydrogen (secondary N) is 2. The normalized spacial score (nSPS) is 14.0. The smallest absolute Gasteiger partial charge is 0.229 e. The van der Waals surface area contributed by atoms with E-state index >= 15 is 0 Å². The van der Waals surface area contributed by atoms with Crippen LogP contribution in [0, 0.1) is 5.92 Å². The van der Waals surface area contributed by atoms with Gasteiger partial charge in [-0.1, -0.05) is 30.7 Å². The Balaban J connectivity index is 1.53. The van der Waals surface area contributed by atoms with Crippen LogP contribution in [0.1, 0.15) is 38.2 Å². The second-order valence-electron chi connectivity index (χ2n) is 6.44. The van der Waals surface area contributed by atoms with E-state index in [1.807, 2.05) is 5.38 Å². The van der Waals surface area contributed by atoms with Gasteiger partial charge in [-0.2, -0.15) is 0 Å². The maximum Gasteiger partial charge on any atom is 0.229 e. The molecule has 3 rings (SSSR count). The van der Waals surface area contributed by atoms with Crippen molar-refractivity contribution in [3.63, 3.8) is 0 Å². The van der Waals surface area contributed by atoms with Gasteiger partial charge in [0.1, 0.15) is 0 Å². The summed E-state index contributed by atoms with van der Waals surface area (Å²) in [5, 5.41) is 8.38. The summed E-state index contributed by atoms with van der Waals surface area (Å²) in [5.41, 5.74) is 3.17. The zero-order chi connectivity index (χ0) is 17.6. The summed E-state index contributed by atoms with van der Waals surface area (Å²) >= 11 is 1.47. The molecule has 0 unspecified atom stereocenters. The zero-order valence-electron chi connectivity index (χ0n) is 14.4. The van der Waals surface area contributed by atoms with Crippen molar-refractivity contribution in [3.8, 4) is 11.3 Å². The Kier molecular flexibility index (Phi) is 5.81. The maximum atomic E-state index is 12.0. The van der Waals surface area contributed by atoms with E-state index in [-0.39, 0.29) is 17.7 Å². The number of thiazole rings is 1. The van der Waals surface area contributed by atoms with E-state index in [1.165, 1.54) is 23.8 Å². The number of aryl methyl sites for hydroxylation is 1. The van der Waals surface area contributed by atoms with Gasteiger partial charge in [0.05, 0.1) is 5.69 Å². The first-order valence-electron chi connectivity index (χ1n) is 8.72. The van der Waals surface area contributed by atoms with Crippen molar-refractivity contribution < 1.29 is 9.59 Å². The molecule has 1 heterocycles. The van der Waals surface area contributed by atoms with Crippen molar-refractivity contribution in [2.24, 2.45) is 5.92 Å². The van der Waals surface area contributed by atoms with Crippen LogP contribution in [0.2, 0.25) is 0 Å². The fraction of sp³-hybridized carbons (Fsp3) is 0.421. The summed E-state index contributed by atoms with van der Waals surface area (Å²) in [5.74, 6) is 0.282. The van der Waals surface area contributed by atoms with Crippen molar-refractivity contribution in [1.82, 2.24) is 10.3 Å². The molecule has 0 aliphatic heterocycles. The van der Waals surface area contributed by atoms with E-state index in [0.717, 1.165) is 43.4 Å². The molecule has 2 amide bonds. The Hall–Kier alpha value is -2.21. The topological polar surface area (TPSA) is 71.1 Å². The zero-order valence-corrected chi connectivity index (χ0v) is 15.2. The van der Waals surface area contributed by atoms with Gasteiger partial charge in [0.25, 0.3) is 0 Å². The predicted molar refractivity (Wildman–Crippen MR) is 101 cm³/mol. The van der Waals surface area contributed by atoms with Crippen LogP contribution >= 0.6 is 11.3 Å². The third-order valence-electron chi connectivity index (χ3n) is 4.48. The van der Waals surface area contributed by atoms with Crippen LogP contribution in [-0.2, 0) is 16.0 Å².